The van der Waals surface area contributed by atoms with Gasteiger partial charge in [-0.05, 0) is 24.1 Å². The number of benzene rings is 1. The molecule has 7 nitrogen and oxygen atoms in total. The number of carboxylic acid groups (broad SMARTS) is 1. The summed E-state index contributed by atoms with van der Waals surface area (Å²) < 4.78 is 0. The fraction of sp³-hybridized carbons (Fsp3) is 0.357. The third-order valence-corrected chi connectivity index (χ3v) is 2.65. The van der Waals surface area contributed by atoms with Crippen LogP contribution in [0, 0.1) is 0 Å². The van der Waals surface area contributed by atoms with Crippen molar-refractivity contribution in [2.45, 2.75) is 19.8 Å². The molecule has 4 N–H and O–H groups in total. The molecule has 21 heavy (non-hydrogen) atoms. The van der Waals surface area contributed by atoms with Crippen molar-refractivity contribution in [3.8, 4) is 0 Å². The smallest absolute Gasteiger partial charge is 0.315 e. The van der Waals surface area contributed by atoms with Gasteiger partial charge in [0.1, 0.15) is 0 Å². The molecule has 0 fully saturated rings. The Morgan fingerprint density at radius 3 is 2.62 bits per heavy atom. The summed E-state index contributed by atoms with van der Waals surface area (Å²) in [7, 11) is 0. The van der Waals surface area contributed by atoms with Crippen molar-refractivity contribution < 1.29 is 19.5 Å². The molecule has 0 saturated heterocycles. The largest absolute Gasteiger partial charge is 0.481 e. The van der Waals surface area contributed by atoms with Gasteiger partial charge in [-0.3, -0.25) is 9.59 Å². The maximum Gasteiger partial charge on any atom is 0.315 e. The van der Waals surface area contributed by atoms with Crippen LogP contribution in [0.25, 0.3) is 0 Å². The summed E-state index contributed by atoms with van der Waals surface area (Å²) in [6.07, 6.45) is 0.706. The standard InChI is InChI=1S/C14H19N3O4/c1-2-10-4-3-5-11(8-10)17-12(18)9-16-14(21)15-7-6-13(19)20/h3-5,8H,2,6-7,9H2,1H3,(H,17,18)(H,19,20)(H2,15,16,21). The van der Waals surface area contributed by atoms with Crippen LogP contribution in [-0.2, 0) is 16.0 Å². The maximum atomic E-state index is 11.7. The number of urea groups is 1. The number of carbonyl (C=O) groups excluding carboxylic acids is 2. The van der Waals surface area contributed by atoms with Crippen molar-refractivity contribution >= 4 is 23.6 Å². The Morgan fingerprint density at radius 1 is 1.19 bits per heavy atom. The molecule has 0 radical (unpaired) electrons. The molecule has 114 valence electrons. The summed E-state index contributed by atoms with van der Waals surface area (Å²) >= 11 is 0. The highest BCUT2D eigenvalue weighted by atomic mass is 16.4. The van der Waals surface area contributed by atoms with E-state index in [1.165, 1.54) is 0 Å². The molecule has 0 aliphatic rings. The van der Waals surface area contributed by atoms with Crippen molar-refractivity contribution in [3.63, 3.8) is 0 Å². The van der Waals surface area contributed by atoms with E-state index < -0.39 is 12.0 Å². The molecule has 0 bridgehead atoms. The molecule has 0 aromatic heterocycles. The second-order valence-corrected chi connectivity index (χ2v) is 4.36. The highest BCUT2D eigenvalue weighted by Gasteiger charge is 2.06. The van der Waals surface area contributed by atoms with Crippen molar-refractivity contribution in [2.24, 2.45) is 0 Å². The summed E-state index contributed by atoms with van der Waals surface area (Å²) in [6.45, 7) is 1.85. The van der Waals surface area contributed by atoms with Gasteiger partial charge in [0.15, 0.2) is 0 Å². The van der Waals surface area contributed by atoms with Gasteiger partial charge in [-0.15, -0.1) is 0 Å². The first kappa shape index (κ1) is 16.5. The minimum atomic E-state index is -0.996. The number of aryl methyl sites for hydroxylation is 1. The number of nitrogens with one attached hydrogen (secondary N) is 3. The van der Waals surface area contributed by atoms with Gasteiger partial charge in [0.05, 0.1) is 13.0 Å². The average molecular weight is 293 g/mol. The van der Waals surface area contributed by atoms with E-state index in [4.69, 9.17) is 5.11 Å². The van der Waals surface area contributed by atoms with E-state index >= 15 is 0 Å². The van der Waals surface area contributed by atoms with Gasteiger partial charge in [0.2, 0.25) is 5.91 Å². The number of hydrogen-bond donors (Lipinski definition) is 4. The summed E-state index contributed by atoms with van der Waals surface area (Å²) in [5.74, 6) is -1.35. The van der Waals surface area contributed by atoms with E-state index in [1.807, 2.05) is 25.1 Å². The van der Waals surface area contributed by atoms with Gasteiger partial charge in [0, 0.05) is 12.2 Å². The number of amides is 3. The minimum Gasteiger partial charge on any atom is -0.481 e. The first-order valence-electron chi connectivity index (χ1n) is 6.63. The monoisotopic (exact) mass is 293 g/mol. The van der Waals surface area contributed by atoms with Crippen LogP contribution in [0.5, 0.6) is 0 Å². The number of rotatable bonds is 7. The lowest BCUT2D eigenvalue weighted by molar-refractivity contribution is -0.136. The topological polar surface area (TPSA) is 108 Å². The number of hydrogen-bond acceptors (Lipinski definition) is 3. The quantitative estimate of drug-likeness (QED) is 0.600. The minimum absolute atomic E-state index is 0.0152. The van der Waals surface area contributed by atoms with Gasteiger partial charge < -0.3 is 21.1 Å². The number of carbonyl (C=O) groups is 3. The number of carboxylic acids is 1. The van der Waals surface area contributed by atoms with Crippen LogP contribution in [0.2, 0.25) is 0 Å². The van der Waals surface area contributed by atoms with Crippen molar-refractivity contribution in [1.82, 2.24) is 10.6 Å². The molecule has 1 aromatic rings. The molecule has 0 heterocycles. The van der Waals surface area contributed by atoms with Gasteiger partial charge in [-0.2, -0.15) is 0 Å². The highest BCUT2D eigenvalue weighted by molar-refractivity contribution is 5.94. The summed E-state index contributed by atoms with van der Waals surface area (Å²) in [5, 5.41) is 15.8. The van der Waals surface area contributed by atoms with Gasteiger partial charge in [-0.1, -0.05) is 19.1 Å². The van der Waals surface area contributed by atoms with Crippen molar-refractivity contribution in [1.29, 1.82) is 0 Å². The van der Waals surface area contributed by atoms with Crippen LogP contribution >= 0.6 is 0 Å². The van der Waals surface area contributed by atoms with Crippen LogP contribution in [0.3, 0.4) is 0 Å². The van der Waals surface area contributed by atoms with E-state index in [2.05, 4.69) is 16.0 Å². The lowest BCUT2D eigenvalue weighted by Crippen LogP contribution is -2.40. The molecule has 0 saturated carbocycles. The van der Waals surface area contributed by atoms with Crippen LogP contribution in [0.4, 0.5) is 10.5 Å². The normalized spacial score (nSPS) is 9.76. The summed E-state index contributed by atoms with van der Waals surface area (Å²) in [4.78, 5) is 33.2. The fourth-order valence-corrected chi connectivity index (χ4v) is 1.58. The molecule has 0 aliphatic heterocycles. The molecule has 0 spiro atoms. The van der Waals surface area contributed by atoms with E-state index in [0.717, 1.165) is 12.0 Å². The van der Waals surface area contributed by atoms with Gasteiger partial charge >= 0.3 is 12.0 Å². The molecular weight excluding hydrogens is 274 g/mol. The predicted molar refractivity (Wildman–Crippen MR) is 78.1 cm³/mol. The Morgan fingerprint density at radius 2 is 1.95 bits per heavy atom. The molecule has 7 heteroatoms. The van der Waals surface area contributed by atoms with Crippen LogP contribution in [0.1, 0.15) is 18.9 Å². The van der Waals surface area contributed by atoms with Crippen LogP contribution in [0.15, 0.2) is 24.3 Å². The molecular formula is C14H19N3O4. The fourth-order valence-electron chi connectivity index (χ4n) is 1.58. The molecule has 3 amide bonds. The summed E-state index contributed by atoms with van der Waals surface area (Å²) in [5.41, 5.74) is 1.78. The second kappa shape index (κ2) is 8.57. The Bertz CT molecular complexity index is 517. The summed E-state index contributed by atoms with van der Waals surface area (Å²) in [6, 6.07) is 6.87. The lowest BCUT2D eigenvalue weighted by atomic mass is 10.1. The number of anilines is 1. The molecule has 1 rings (SSSR count). The van der Waals surface area contributed by atoms with Gasteiger partial charge in [0.25, 0.3) is 0 Å². The van der Waals surface area contributed by atoms with Crippen LogP contribution in [-0.4, -0.2) is 36.1 Å². The number of aliphatic carboxylic acids is 1. The first-order valence-corrected chi connectivity index (χ1v) is 6.63. The van der Waals surface area contributed by atoms with E-state index in [-0.39, 0.29) is 25.4 Å². The Kier molecular flexibility index (Phi) is 6.73. The van der Waals surface area contributed by atoms with Crippen molar-refractivity contribution in [3.05, 3.63) is 29.8 Å². The zero-order valence-electron chi connectivity index (χ0n) is 11.8. The molecule has 0 unspecified atom stereocenters. The Hall–Kier alpha value is -2.57. The predicted octanol–water partition coefficient (Wildman–Crippen LogP) is 0.961. The average Bonchev–Trinajstić information content (AvgIpc) is 2.45. The SMILES string of the molecule is CCc1cccc(NC(=O)CNC(=O)NCCC(=O)O)c1. The zero-order chi connectivity index (χ0) is 15.7. The zero-order valence-corrected chi connectivity index (χ0v) is 11.8. The van der Waals surface area contributed by atoms with Crippen LogP contribution < -0.4 is 16.0 Å². The third-order valence-electron chi connectivity index (χ3n) is 2.65. The Balaban J connectivity index is 2.30. The van der Waals surface area contributed by atoms with Gasteiger partial charge in [-0.25, -0.2) is 4.79 Å². The molecule has 0 aliphatic carbocycles. The van der Waals surface area contributed by atoms with E-state index in [9.17, 15) is 14.4 Å². The maximum absolute atomic E-state index is 11.7. The molecule has 1 aromatic carbocycles. The second-order valence-electron chi connectivity index (χ2n) is 4.36. The Labute approximate surface area is 122 Å². The lowest BCUT2D eigenvalue weighted by Gasteiger charge is -2.08. The van der Waals surface area contributed by atoms with Crippen molar-refractivity contribution in [2.75, 3.05) is 18.4 Å². The first-order chi connectivity index (χ1) is 10.0. The highest BCUT2D eigenvalue weighted by Crippen LogP contribution is 2.10. The third kappa shape index (κ3) is 6.95. The molecule has 0 atom stereocenters. The van der Waals surface area contributed by atoms with E-state index in [0.29, 0.717) is 5.69 Å². The van der Waals surface area contributed by atoms with E-state index in [1.54, 1.807) is 6.07 Å².